The lowest BCUT2D eigenvalue weighted by Crippen LogP contribution is -2.67. The molecule has 1 aromatic rings. The van der Waals surface area contributed by atoms with E-state index < -0.39 is 32.1 Å². The molecule has 0 N–H and O–H groups in total. The van der Waals surface area contributed by atoms with Crippen LogP contribution in [0.2, 0.25) is 0 Å². The van der Waals surface area contributed by atoms with Crippen LogP contribution in [0.15, 0.2) is 23.1 Å². The van der Waals surface area contributed by atoms with Gasteiger partial charge in [-0.2, -0.15) is 4.31 Å². The van der Waals surface area contributed by atoms with Gasteiger partial charge in [0.1, 0.15) is 11.6 Å². The fraction of sp³-hybridized carbons (Fsp3) is 0.611. The Morgan fingerprint density at radius 3 is 2.33 bits per heavy atom. The van der Waals surface area contributed by atoms with Crippen LogP contribution in [0.1, 0.15) is 25.7 Å². The number of ether oxygens (including phenoxy) is 1. The number of sulfonamides is 1. The van der Waals surface area contributed by atoms with Gasteiger partial charge < -0.3 is 9.64 Å². The smallest absolute Gasteiger partial charge is 0.243 e. The largest absolute Gasteiger partial charge is 0.381 e. The Hall–Kier alpha value is -1.58. The maximum Gasteiger partial charge on any atom is 0.243 e. The van der Waals surface area contributed by atoms with Crippen LogP contribution >= 0.6 is 0 Å². The molecule has 3 aliphatic rings. The van der Waals surface area contributed by atoms with Crippen molar-refractivity contribution in [2.75, 3.05) is 32.8 Å². The first-order chi connectivity index (χ1) is 12.8. The first-order valence-corrected chi connectivity index (χ1v) is 10.6. The van der Waals surface area contributed by atoms with Crippen molar-refractivity contribution >= 4 is 15.9 Å². The van der Waals surface area contributed by atoms with Crippen LogP contribution in [0, 0.1) is 17.6 Å². The van der Waals surface area contributed by atoms with Crippen molar-refractivity contribution in [3.63, 3.8) is 0 Å². The van der Waals surface area contributed by atoms with Gasteiger partial charge in [0.25, 0.3) is 0 Å². The molecule has 9 heteroatoms. The number of benzene rings is 1. The van der Waals surface area contributed by atoms with E-state index in [1.54, 1.807) is 0 Å². The molecule has 0 unspecified atom stereocenters. The van der Waals surface area contributed by atoms with Gasteiger partial charge in [-0.05, 0) is 43.7 Å². The first kappa shape index (κ1) is 18.8. The second-order valence-electron chi connectivity index (χ2n) is 7.66. The molecule has 2 saturated heterocycles. The van der Waals surface area contributed by atoms with Crippen molar-refractivity contribution in [3.05, 3.63) is 29.8 Å². The third-order valence-corrected chi connectivity index (χ3v) is 7.46. The molecule has 3 fully saturated rings. The summed E-state index contributed by atoms with van der Waals surface area (Å²) in [6.07, 6.45) is 3.27. The average Bonchev–Trinajstić information content (AvgIpc) is 3.42. The molecule has 1 amide bonds. The summed E-state index contributed by atoms with van der Waals surface area (Å²) in [6.45, 7) is 1.36. The van der Waals surface area contributed by atoms with Crippen molar-refractivity contribution in [1.82, 2.24) is 9.21 Å². The van der Waals surface area contributed by atoms with Crippen LogP contribution in [0.3, 0.4) is 0 Å². The second kappa shape index (κ2) is 6.79. The van der Waals surface area contributed by atoms with Crippen LogP contribution in [-0.2, 0) is 19.6 Å². The molecule has 0 radical (unpaired) electrons. The number of piperazine rings is 1. The molecule has 1 aromatic carbocycles. The fourth-order valence-corrected chi connectivity index (χ4v) is 5.51. The van der Waals surface area contributed by atoms with Crippen LogP contribution < -0.4 is 0 Å². The lowest BCUT2D eigenvalue weighted by atomic mass is 9.85. The number of rotatable bonds is 4. The summed E-state index contributed by atoms with van der Waals surface area (Å²) in [6, 6.07) is 2.20. The third-order valence-electron chi connectivity index (χ3n) is 5.69. The summed E-state index contributed by atoms with van der Waals surface area (Å²) < 4.78 is 59.6. The molecule has 1 saturated carbocycles. The second-order valence-corrected chi connectivity index (χ2v) is 9.60. The number of nitrogens with zero attached hydrogens (tertiary/aromatic N) is 2. The van der Waals surface area contributed by atoms with Crippen LogP contribution in [0.25, 0.3) is 0 Å². The minimum absolute atomic E-state index is 0.120. The predicted molar refractivity (Wildman–Crippen MR) is 92.3 cm³/mol. The Balaban J connectivity index is 1.66. The molecule has 0 atom stereocenters. The van der Waals surface area contributed by atoms with Gasteiger partial charge in [0.2, 0.25) is 15.9 Å². The number of carbonyl (C=O) groups is 1. The van der Waals surface area contributed by atoms with E-state index in [2.05, 4.69) is 0 Å². The predicted octanol–water partition coefficient (Wildman–Crippen LogP) is 1.76. The number of halogens is 2. The Morgan fingerprint density at radius 2 is 1.74 bits per heavy atom. The van der Waals surface area contributed by atoms with Crippen LogP contribution in [0.5, 0.6) is 0 Å². The van der Waals surface area contributed by atoms with Crippen molar-refractivity contribution in [2.45, 2.75) is 36.1 Å². The number of amides is 1. The van der Waals surface area contributed by atoms with Gasteiger partial charge in [-0.3, -0.25) is 4.79 Å². The van der Waals surface area contributed by atoms with E-state index in [0.717, 1.165) is 29.3 Å². The van der Waals surface area contributed by atoms with Gasteiger partial charge in [-0.15, -0.1) is 0 Å². The summed E-state index contributed by atoms with van der Waals surface area (Å²) in [5.41, 5.74) is -0.616. The monoisotopic (exact) mass is 400 g/mol. The molecule has 1 aliphatic carbocycles. The molecule has 1 spiro atoms. The Kier molecular flexibility index (Phi) is 4.72. The van der Waals surface area contributed by atoms with E-state index >= 15 is 0 Å². The van der Waals surface area contributed by atoms with Crippen LogP contribution in [-0.4, -0.2) is 61.9 Å². The topological polar surface area (TPSA) is 66.9 Å². The molecule has 0 bridgehead atoms. The van der Waals surface area contributed by atoms with E-state index in [-0.39, 0.29) is 19.0 Å². The number of hydrogen-bond donors (Lipinski definition) is 0. The standard InChI is InChI=1S/C18H22F2N2O4S/c19-14-7-15(20)9-16(8-14)27(24,25)21-11-17(23)22(10-13-1-2-13)18(12-21)3-5-26-6-4-18/h7-9,13H,1-6,10-12H2. The Labute approximate surface area is 157 Å². The van der Waals surface area contributed by atoms with Crippen molar-refractivity contribution < 1.29 is 26.7 Å². The van der Waals surface area contributed by atoms with Gasteiger partial charge in [0.05, 0.1) is 17.0 Å². The van der Waals surface area contributed by atoms with Crippen LogP contribution in [0.4, 0.5) is 8.78 Å². The SMILES string of the molecule is O=C1CN(S(=O)(=O)c2cc(F)cc(F)c2)CC2(CCOCC2)N1CC1CC1. The van der Waals surface area contributed by atoms with Crippen molar-refractivity contribution in [1.29, 1.82) is 0 Å². The number of hydrogen-bond acceptors (Lipinski definition) is 4. The highest BCUT2D eigenvalue weighted by Crippen LogP contribution is 2.39. The maximum absolute atomic E-state index is 13.5. The molecule has 2 heterocycles. The highest BCUT2D eigenvalue weighted by atomic mass is 32.2. The summed E-state index contributed by atoms with van der Waals surface area (Å²) >= 11 is 0. The quantitative estimate of drug-likeness (QED) is 0.773. The van der Waals surface area contributed by atoms with Crippen molar-refractivity contribution in [3.8, 4) is 0 Å². The molecule has 2 aliphatic heterocycles. The Bertz CT molecular complexity index is 831. The normalized spacial score (nSPS) is 23.8. The summed E-state index contributed by atoms with van der Waals surface area (Å²) in [5.74, 6) is -1.70. The Morgan fingerprint density at radius 1 is 1.11 bits per heavy atom. The van der Waals surface area contributed by atoms with Crippen molar-refractivity contribution in [2.24, 2.45) is 5.92 Å². The van der Waals surface area contributed by atoms with Gasteiger partial charge in [0.15, 0.2) is 0 Å². The number of carbonyl (C=O) groups excluding carboxylic acids is 1. The van der Waals surface area contributed by atoms with Gasteiger partial charge >= 0.3 is 0 Å². The van der Waals surface area contributed by atoms with E-state index in [9.17, 15) is 22.0 Å². The third kappa shape index (κ3) is 3.60. The summed E-state index contributed by atoms with van der Waals surface area (Å²) in [7, 11) is -4.19. The molecular formula is C18H22F2N2O4S. The fourth-order valence-electron chi connectivity index (χ4n) is 4.00. The lowest BCUT2D eigenvalue weighted by molar-refractivity contribution is -0.150. The average molecular weight is 400 g/mol. The van der Waals surface area contributed by atoms with E-state index in [1.165, 1.54) is 0 Å². The molecule has 0 aromatic heterocycles. The maximum atomic E-state index is 13.5. The lowest BCUT2D eigenvalue weighted by Gasteiger charge is -2.52. The zero-order valence-corrected chi connectivity index (χ0v) is 15.7. The van der Waals surface area contributed by atoms with Gasteiger partial charge in [0, 0.05) is 32.4 Å². The molecule has 4 rings (SSSR count). The van der Waals surface area contributed by atoms with Gasteiger partial charge in [-0.25, -0.2) is 17.2 Å². The van der Waals surface area contributed by atoms with Gasteiger partial charge in [-0.1, -0.05) is 0 Å². The highest BCUT2D eigenvalue weighted by molar-refractivity contribution is 7.89. The zero-order chi connectivity index (χ0) is 19.2. The summed E-state index contributed by atoms with van der Waals surface area (Å²) in [5, 5.41) is 0. The minimum atomic E-state index is -4.19. The molecule has 6 nitrogen and oxygen atoms in total. The van der Waals surface area contributed by atoms with E-state index in [0.29, 0.717) is 44.6 Å². The molecule has 148 valence electrons. The summed E-state index contributed by atoms with van der Waals surface area (Å²) in [4.78, 5) is 14.3. The minimum Gasteiger partial charge on any atom is -0.381 e. The molecule has 27 heavy (non-hydrogen) atoms. The highest BCUT2D eigenvalue weighted by Gasteiger charge is 2.50. The molecular weight excluding hydrogens is 378 g/mol. The first-order valence-electron chi connectivity index (χ1n) is 9.15. The van der Waals surface area contributed by atoms with E-state index in [1.807, 2.05) is 4.90 Å². The van der Waals surface area contributed by atoms with E-state index in [4.69, 9.17) is 4.74 Å². The zero-order valence-electron chi connectivity index (χ0n) is 14.9.